The van der Waals surface area contributed by atoms with Gasteiger partial charge in [0.25, 0.3) is 0 Å². The molecule has 8 aromatic carbocycles. The van der Waals surface area contributed by atoms with E-state index < -0.39 is 0 Å². The van der Waals surface area contributed by atoms with Gasteiger partial charge in [-0.1, -0.05) is 158 Å². The van der Waals surface area contributed by atoms with Crippen molar-refractivity contribution >= 4 is 65.3 Å². The molecule has 0 N–H and O–H groups in total. The first kappa shape index (κ1) is 28.7. The Morgan fingerprint density at radius 1 is 0.346 bits per heavy atom. The van der Waals surface area contributed by atoms with Crippen LogP contribution in [-0.2, 0) is 0 Å². The van der Waals surface area contributed by atoms with Gasteiger partial charge in [-0.25, -0.2) is 4.98 Å². The minimum Gasteiger partial charge on any atom is -0.456 e. The van der Waals surface area contributed by atoms with Crippen LogP contribution in [0, 0.1) is 0 Å². The SMILES string of the molecule is c1ccc(-c2nc(-c3ccccc3)nc(-n3c4c(-c5cccc6oc7ccccc7c56)cccc4c4c5ccccc5c5ccccc5c43)n2)cc1. The molecule has 52 heavy (non-hydrogen) atoms. The third kappa shape index (κ3) is 4.20. The van der Waals surface area contributed by atoms with E-state index in [9.17, 15) is 0 Å². The third-order valence-corrected chi connectivity index (χ3v) is 10.2. The summed E-state index contributed by atoms with van der Waals surface area (Å²) in [6, 6.07) is 59.0. The maximum absolute atomic E-state index is 6.41. The van der Waals surface area contributed by atoms with Gasteiger partial charge >= 0.3 is 0 Å². The molecule has 0 spiro atoms. The molecule has 0 radical (unpaired) electrons. The van der Waals surface area contributed by atoms with Crippen LogP contribution in [0.15, 0.2) is 174 Å². The summed E-state index contributed by atoms with van der Waals surface area (Å²) >= 11 is 0. The Morgan fingerprint density at radius 3 is 1.58 bits per heavy atom. The molecule has 11 rings (SSSR count). The summed E-state index contributed by atoms with van der Waals surface area (Å²) in [4.78, 5) is 15.7. The van der Waals surface area contributed by atoms with Crippen molar-refractivity contribution in [3.8, 4) is 39.9 Å². The van der Waals surface area contributed by atoms with Gasteiger partial charge in [-0.05, 0) is 33.9 Å². The molecule has 5 nitrogen and oxygen atoms in total. The van der Waals surface area contributed by atoms with E-state index >= 15 is 0 Å². The number of furan rings is 1. The Labute approximate surface area is 298 Å². The normalized spacial score (nSPS) is 11.8. The highest BCUT2D eigenvalue weighted by Crippen LogP contribution is 2.46. The number of nitrogens with zero attached hydrogens (tertiary/aromatic N) is 4. The van der Waals surface area contributed by atoms with Gasteiger partial charge in [-0.2, -0.15) is 9.97 Å². The number of benzene rings is 8. The van der Waals surface area contributed by atoms with Gasteiger partial charge in [0.2, 0.25) is 5.95 Å². The largest absolute Gasteiger partial charge is 0.456 e. The summed E-state index contributed by atoms with van der Waals surface area (Å²) < 4.78 is 8.69. The lowest BCUT2D eigenvalue weighted by Gasteiger charge is -2.14. The van der Waals surface area contributed by atoms with Crippen molar-refractivity contribution in [3.05, 3.63) is 170 Å². The molecule has 11 aromatic rings. The van der Waals surface area contributed by atoms with Crippen molar-refractivity contribution in [2.45, 2.75) is 0 Å². The summed E-state index contributed by atoms with van der Waals surface area (Å²) in [6.45, 7) is 0. The summed E-state index contributed by atoms with van der Waals surface area (Å²) in [6.07, 6.45) is 0. The van der Waals surface area contributed by atoms with Crippen molar-refractivity contribution < 1.29 is 4.42 Å². The molecular formula is C47H28N4O. The van der Waals surface area contributed by atoms with Gasteiger partial charge in [-0.15, -0.1) is 0 Å². The molecule has 0 fully saturated rings. The monoisotopic (exact) mass is 664 g/mol. The lowest BCUT2D eigenvalue weighted by Crippen LogP contribution is -2.07. The predicted octanol–water partition coefficient (Wildman–Crippen LogP) is 12.2. The second-order valence-corrected chi connectivity index (χ2v) is 13.1. The Kier molecular flexibility index (Phi) is 6.18. The maximum atomic E-state index is 6.41. The molecule has 5 heteroatoms. The smallest absolute Gasteiger partial charge is 0.238 e. The van der Waals surface area contributed by atoms with Crippen LogP contribution in [0.4, 0.5) is 0 Å². The minimum absolute atomic E-state index is 0.560. The quantitative estimate of drug-likeness (QED) is 0.176. The van der Waals surface area contributed by atoms with Crippen LogP contribution < -0.4 is 0 Å². The molecule has 0 aliphatic rings. The van der Waals surface area contributed by atoms with Crippen LogP contribution in [-0.4, -0.2) is 19.5 Å². The lowest BCUT2D eigenvalue weighted by molar-refractivity contribution is 0.669. The Morgan fingerprint density at radius 2 is 0.865 bits per heavy atom. The molecule has 0 aliphatic carbocycles. The zero-order valence-corrected chi connectivity index (χ0v) is 27.9. The van der Waals surface area contributed by atoms with Gasteiger partial charge in [0.1, 0.15) is 11.2 Å². The van der Waals surface area contributed by atoms with E-state index in [4.69, 9.17) is 19.4 Å². The molecule has 3 heterocycles. The topological polar surface area (TPSA) is 56.7 Å². The highest BCUT2D eigenvalue weighted by Gasteiger charge is 2.25. The average Bonchev–Trinajstić information content (AvgIpc) is 3.78. The fraction of sp³-hybridized carbons (Fsp3) is 0. The highest BCUT2D eigenvalue weighted by molar-refractivity contribution is 6.33. The van der Waals surface area contributed by atoms with Crippen molar-refractivity contribution in [1.29, 1.82) is 0 Å². The number of fused-ring (bicyclic) bond motifs is 11. The number of hydrogen-bond acceptors (Lipinski definition) is 4. The van der Waals surface area contributed by atoms with Crippen molar-refractivity contribution in [1.82, 2.24) is 19.5 Å². The number of para-hydroxylation sites is 2. The first-order valence-electron chi connectivity index (χ1n) is 17.5. The first-order chi connectivity index (χ1) is 25.8. The molecular weight excluding hydrogens is 637 g/mol. The number of rotatable bonds is 4. The van der Waals surface area contributed by atoms with E-state index in [2.05, 4.69) is 126 Å². The van der Waals surface area contributed by atoms with Gasteiger partial charge in [0.15, 0.2) is 11.6 Å². The second kappa shape index (κ2) is 11.2. The molecule has 0 unspecified atom stereocenters. The van der Waals surface area contributed by atoms with Crippen LogP contribution in [0.5, 0.6) is 0 Å². The van der Waals surface area contributed by atoms with Crippen LogP contribution in [0.3, 0.4) is 0 Å². The van der Waals surface area contributed by atoms with Gasteiger partial charge in [0, 0.05) is 43.6 Å². The molecule has 0 saturated heterocycles. The Hall–Kier alpha value is -7.11. The van der Waals surface area contributed by atoms with Crippen molar-refractivity contribution in [2.75, 3.05) is 0 Å². The minimum atomic E-state index is 0.560. The maximum Gasteiger partial charge on any atom is 0.238 e. The summed E-state index contributed by atoms with van der Waals surface area (Å²) in [7, 11) is 0. The average molecular weight is 665 g/mol. The van der Waals surface area contributed by atoms with Crippen LogP contribution in [0.25, 0.3) is 105 Å². The highest BCUT2D eigenvalue weighted by atomic mass is 16.3. The van der Waals surface area contributed by atoms with E-state index in [1.807, 2.05) is 48.5 Å². The Balaban J connectivity index is 1.37. The summed E-state index contributed by atoms with van der Waals surface area (Å²) in [5, 5.41) is 9.17. The van der Waals surface area contributed by atoms with Gasteiger partial charge < -0.3 is 4.42 Å². The standard InChI is InChI=1S/C47H28N4O/c1-3-15-29(16-4-1)45-48-46(30-17-5-2-6-18-30)50-47(49-45)51-43-36(34-24-14-28-40-41(34)37-23-11-12-27-39(37)52-40)25-13-26-38(43)42-33-21-9-7-19-31(33)32-20-8-10-22-35(32)44(42)51/h1-28H. The van der Waals surface area contributed by atoms with E-state index in [-0.39, 0.29) is 0 Å². The molecule has 0 aliphatic heterocycles. The van der Waals surface area contributed by atoms with Crippen molar-refractivity contribution in [3.63, 3.8) is 0 Å². The molecule has 0 atom stereocenters. The van der Waals surface area contributed by atoms with Gasteiger partial charge in [0.05, 0.1) is 11.0 Å². The molecule has 3 aromatic heterocycles. The fourth-order valence-electron chi connectivity index (χ4n) is 8.04. The van der Waals surface area contributed by atoms with E-state index in [0.29, 0.717) is 17.6 Å². The lowest BCUT2D eigenvalue weighted by atomic mass is 9.95. The van der Waals surface area contributed by atoms with Crippen molar-refractivity contribution in [2.24, 2.45) is 0 Å². The first-order valence-corrected chi connectivity index (χ1v) is 17.5. The second-order valence-electron chi connectivity index (χ2n) is 13.1. The number of aromatic nitrogens is 4. The van der Waals surface area contributed by atoms with E-state index in [1.165, 1.54) is 21.5 Å². The third-order valence-electron chi connectivity index (χ3n) is 10.2. The Bertz CT molecular complexity index is 3120. The molecule has 0 bridgehead atoms. The fourth-order valence-corrected chi connectivity index (χ4v) is 8.04. The molecule has 0 saturated carbocycles. The summed E-state index contributed by atoms with van der Waals surface area (Å²) in [5.41, 5.74) is 7.82. The summed E-state index contributed by atoms with van der Waals surface area (Å²) in [5.74, 6) is 1.79. The zero-order chi connectivity index (χ0) is 34.2. The van der Waals surface area contributed by atoms with Crippen LogP contribution in [0.1, 0.15) is 0 Å². The van der Waals surface area contributed by atoms with Crippen LogP contribution in [0.2, 0.25) is 0 Å². The van der Waals surface area contributed by atoms with E-state index in [0.717, 1.165) is 66.0 Å². The van der Waals surface area contributed by atoms with Gasteiger partial charge in [-0.3, -0.25) is 4.57 Å². The predicted molar refractivity (Wildman–Crippen MR) is 213 cm³/mol. The van der Waals surface area contributed by atoms with Crippen LogP contribution >= 0.6 is 0 Å². The zero-order valence-electron chi connectivity index (χ0n) is 27.9. The molecule has 0 amide bonds. The van der Waals surface area contributed by atoms with E-state index in [1.54, 1.807) is 0 Å². The number of hydrogen-bond donors (Lipinski definition) is 0. The molecule has 242 valence electrons.